The van der Waals surface area contributed by atoms with Gasteiger partial charge in [0.1, 0.15) is 5.82 Å². The van der Waals surface area contributed by atoms with Crippen LogP contribution in [0, 0.1) is 11.7 Å². The molecule has 5 nitrogen and oxygen atoms in total. The number of carbonyl (C=O) groups is 1. The normalized spacial score (nSPS) is 21.6. The topological polar surface area (TPSA) is 59.2 Å². The van der Waals surface area contributed by atoms with E-state index in [-0.39, 0.29) is 17.7 Å². The van der Waals surface area contributed by atoms with Gasteiger partial charge in [-0.3, -0.25) is 4.79 Å². The van der Waals surface area contributed by atoms with Crippen LogP contribution in [0.2, 0.25) is 0 Å². The maximum Gasteiger partial charge on any atom is 0.231 e. The standard InChI is InChI=1S/C19H22FN3O2/c20-16-9-7-13(8-10-16)17-21-18(25-22-17)15-6-3-11-23(12-15)19(24)14-4-1-2-5-14/h7-10,14-15H,1-6,11-12H2. The van der Waals surface area contributed by atoms with Gasteiger partial charge < -0.3 is 9.42 Å². The lowest BCUT2D eigenvalue weighted by Gasteiger charge is -2.32. The molecule has 0 bridgehead atoms. The molecule has 4 rings (SSSR count). The van der Waals surface area contributed by atoms with E-state index >= 15 is 0 Å². The molecule has 1 aromatic carbocycles. The quantitative estimate of drug-likeness (QED) is 0.851. The molecule has 132 valence electrons. The summed E-state index contributed by atoms with van der Waals surface area (Å²) in [5, 5.41) is 4.03. The number of carbonyl (C=O) groups excluding carboxylic acids is 1. The van der Waals surface area contributed by atoms with Gasteiger partial charge >= 0.3 is 0 Å². The number of piperidine rings is 1. The SMILES string of the molecule is O=C(C1CCCC1)N1CCCC(c2nc(-c3ccc(F)cc3)no2)C1. The van der Waals surface area contributed by atoms with E-state index < -0.39 is 0 Å². The van der Waals surface area contributed by atoms with Gasteiger partial charge in [0.15, 0.2) is 0 Å². The molecule has 2 aliphatic rings. The van der Waals surface area contributed by atoms with Crippen LogP contribution in [0.5, 0.6) is 0 Å². The van der Waals surface area contributed by atoms with E-state index in [1.807, 2.05) is 4.90 Å². The number of nitrogens with zero attached hydrogens (tertiary/aromatic N) is 3. The van der Waals surface area contributed by atoms with Gasteiger partial charge in [0, 0.05) is 24.6 Å². The van der Waals surface area contributed by atoms with Crippen LogP contribution < -0.4 is 0 Å². The van der Waals surface area contributed by atoms with Crippen LogP contribution in [0.3, 0.4) is 0 Å². The third-order valence-electron chi connectivity index (χ3n) is 5.33. The molecule has 1 aliphatic heterocycles. The summed E-state index contributed by atoms with van der Waals surface area (Å²) in [6.07, 6.45) is 6.28. The largest absolute Gasteiger partial charge is 0.342 e. The van der Waals surface area contributed by atoms with E-state index in [0.29, 0.717) is 24.2 Å². The molecule has 0 radical (unpaired) electrons. The molecular formula is C19H22FN3O2. The Balaban J connectivity index is 1.46. The fourth-order valence-electron chi connectivity index (χ4n) is 3.93. The highest BCUT2D eigenvalue weighted by molar-refractivity contribution is 5.79. The second-order valence-corrected chi connectivity index (χ2v) is 7.07. The lowest BCUT2D eigenvalue weighted by atomic mass is 9.96. The molecule has 2 heterocycles. The molecular weight excluding hydrogens is 321 g/mol. The summed E-state index contributed by atoms with van der Waals surface area (Å²) >= 11 is 0. The minimum atomic E-state index is -0.291. The zero-order valence-electron chi connectivity index (χ0n) is 14.2. The molecule has 2 fully saturated rings. The van der Waals surface area contributed by atoms with Crippen molar-refractivity contribution in [3.8, 4) is 11.4 Å². The van der Waals surface area contributed by atoms with Gasteiger partial charge in [-0.15, -0.1) is 0 Å². The lowest BCUT2D eigenvalue weighted by molar-refractivity contribution is -0.136. The molecule has 1 saturated heterocycles. The van der Waals surface area contributed by atoms with Crippen LogP contribution in [-0.4, -0.2) is 34.0 Å². The maximum absolute atomic E-state index is 13.0. The van der Waals surface area contributed by atoms with E-state index in [1.54, 1.807) is 12.1 Å². The number of aromatic nitrogens is 2. The Labute approximate surface area is 146 Å². The first-order valence-electron chi connectivity index (χ1n) is 9.09. The van der Waals surface area contributed by atoms with E-state index in [1.165, 1.54) is 25.0 Å². The summed E-state index contributed by atoms with van der Waals surface area (Å²) in [5.41, 5.74) is 0.728. The molecule has 6 heteroatoms. The minimum Gasteiger partial charge on any atom is -0.342 e. The highest BCUT2D eigenvalue weighted by atomic mass is 19.1. The van der Waals surface area contributed by atoms with Crippen molar-refractivity contribution in [1.82, 2.24) is 15.0 Å². The number of halogens is 1. The summed E-state index contributed by atoms with van der Waals surface area (Å²) in [5.74, 6) is 1.33. The molecule has 1 unspecified atom stereocenters. The Morgan fingerprint density at radius 2 is 1.88 bits per heavy atom. The van der Waals surface area contributed by atoms with Crippen LogP contribution in [0.1, 0.15) is 50.3 Å². The third kappa shape index (κ3) is 3.43. The number of benzene rings is 1. The number of rotatable bonds is 3. The van der Waals surface area contributed by atoms with Gasteiger partial charge in [0.05, 0.1) is 5.92 Å². The second-order valence-electron chi connectivity index (χ2n) is 7.07. The molecule has 2 aromatic rings. The van der Waals surface area contributed by atoms with Gasteiger partial charge in [0.25, 0.3) is 0 Å². The van der Waals surface area contributed by atoms with Crippen molar-refractivity contribution in [1.29, 1.82) is 0 Å². The number of hydrogen-bond acceptors (Lipinski definition) is 4. The fraction of sp³-hybridized carbons (Fsp3) is 0.526. The lowest BCUT2D eigenvalue weighted by Crippen LogP contribution is -2.41. The van der Waals surface area contributed by atoms with E-state index in [9.17, 15) is 9.18 Å². The van der Waals surface area contributed by atoms with Gasteiger partial charge in [-0.1, -0.05) is 18.0 Å². The van der Waals surface area contributed by atoms with Gasteiger partial charge in [0.2, 0.25) is 17.6 Å². The van der Waals surface area contributed by atoms with Crippen molar-refractivity contribution in [2.45, 2.75) is 44.4 Å². The van der Waals surface area contributed by atoms with E-state index in [4.69, 9.17) is 4.52 Å². The van der Waals surface area contributed by atoms with Crippen LogP contribution in [0.4, 0.5) is 4.39 Å². The molecule has 0 spiro atoms. The second kappa shape index (κ2) is 6.94. The molecule has 25 heavy (non-hydrogen) atoms. The first-order valence-corrected chi connectivity index (χ1v) is 9.09. The zero-order chi connectivity index (χ0) is 17.2. The van der Waals surface area contributed by atoms with Gasteiger partial charge in [-0.05, 0) is 49.9 Å². The molecule has 1 amide bonds. The van der Waals surface area contributed by atoms with Crippen LogP contribution >= 0.6 is 0 Å². The smallest absolute Gasteiger partial charge is 0.231 e. The number of likely N-dealkylation sites (tertiary alicyclic amines) is 1. The maximum atomic E-state index is 13.0. The first-order chi connectivity index (χ1) is 12.2. The Morgan fingerprint density at radius 1 is 1.12 bits per heavy atom. The molecule has 1 saturated carbocycles. The van der Waals surface area contributed by atoms with E-state index in [0.717, 1.165) is 37.8 Å². The predicted octanol–water partition coefficient (Wildman–Crippen LogP) is 3.77. The number of hydrogen-bond donors (Lipinski definition) is 0. The zero-order valence-corrected chi connectivity index (χ0v) is 14.2. The van der Waals surface area contributed by atoms with Crippen LogP contribution in [-0.2, 0) is 4.79 Å². The van der Waals surface area contributed by atoms with Crippen LogP contribution in [0.25, 0.3) is 11.4 Å². The summed E-state index contributed by atoms with van der Waals surface area (Å²) in [6, 6.07) is 6.05. The molecule has 0 N–H and O–H groups in total. The Morgan fingerprint density at radius 3 is 2.64 bits per heavy atom. The van der Waals surface area contributed by atoms with Crippen molar-refractivity contribution in [3.05, 3.63) is 36.0 Å². The molecule has 1 aromatic heterocycles. The van der Waals surface area contributed by atoms with Gasteiger partial charge in [-0.25, -0.2) is 4.39 Å². The fourth-order valence-corrected chi connectivity index (χ4v) is 3.93. The highest BCUT2D eigenvalue weighted by Crippen LogP contribution is 2.31. The summed E-state index contributed by atoms with van der Waals surface area (Å²) in [6.45, 7) is 1.48. The predicted molar refractivity (Wildman–Crippen MR) is 90.2 cm³/mol. The monoisotopic (exact) mass is 343 g/mol. The van der Waals surface area contributed by atoms with Crippen molar-refractivity contribution in [3.63, 3.8) is 0 Å². The summed E-state index contributed by atoms with van der Waals surface area (Å²) in [4.78, 5) is 19.1. The van der Waals surface area contributed by atoms with Crippen molar-refractivity contribution in [2.75, 3.05) is 13.1 Å². The van der Waals surface area contributed by atoms with Crippen LogP contribution in [0.15, 0.2) is 28.8 Å². The Bertz CT molecular complexity index is 737. The summed E-state index contributed by atoms with van der Waals surface area (Å²) < 4.78 is 18.5. The molecule has 1 atom stereocenters. The van der Waals surface area contributed by atoms with Gasteiger partial charge in [-0.2, -0.15) is 4.98 Å². The Kier molecular flexibility index (Phi) is 4.51. The summed E-state index contributed by atoms with van der Waals surface area (Å²) in [7, 11) is 0. The van der Waals surface area contributed by atoms with Crippen molar-refractivity contribution in [2.24, 2.45) is 5.92 Å². The highest BCUT2D eigenvalue weighted by Gasteiger charge is 2.33. The Hall–Kier alpha value is -2.24. The minimum absolute atomic E-state index is 0.0841. The average molecular weight is 343 g/mol. The molecule has 1 aliphatic carbocycles. The third-order valence-corrected chi connectivity index (χ3v) is 5.33. The average Bonchev–Trinajstić information content (AvgIpc) is 3.34. The van der Waals surface area contributed by atoms with Crippen molar-refractivity contribution < 1.29 is 13.7 Å². The van der Waals surface area contributed by atoms with Crippen molar-refractivity contribution >= 4 is 5.91 Å². The van der Waals surface area contributed by atoms with E-state index in [2.05, 4.69) is 10.1 Å². The first kappa shape index (κ1) is 16.2. The number of amides is 1.